The Labute approximate surface area is 144 Å². The summed E-state index contributed by atoms with van der Waals surface area (Å²) in [6.45, 7) is 3.14. The van der Waals surface area contributed by atoms with Gasteiger partial charge in [-0.2, -0.15) is 0 Å². The molecule has 1 aliphatic heterocycles. The Hall–Kier alpha value is -3.06. The first-order chi connectivity index (χ1) is 12.2. The largest absolute Gasteiger partial charge is 0.455 e. The number of anilines is 2. The van der Waals surface area contributed by atoms with Crippen LogP contribution in [-0.4, -0.2) is 36.3 Å². The zero-order valence-electron chi connectivity index (χ0n) is 13.6. The third-order valence-electron chi connectivity index (χ3n) is 4.19. The van der Waals surface area contributed by atoms with Crippen LogP contribution in [-0.2, 0) is 4.74 Å². The van der Waals surface area contributed by atoms with E-state index in [1.165, 1.54) is 6.33 Å². The Balaban J connectivity index is 1.66. The van der Waals surface area contributed by atoms with E-state index in [4.69, 9.17) is 15.2 Å². The van der Waals surface area contributed by atoms with Crippen LogP contribution in [0, 0.1) is 0 Å². The van der Waals surface area contributed by atoms with Crippen LogP contribution in [0.5, 0.6) is 11.5 Å². The second-order valence-corrected chi connectivity index (χ2v) is 5.84. The summed E-state index contributed by atoms with van der Waals surface area (Å²) in [6.07, 6.45) is 1.36. The number of aromatic amines is 1. The summed E-state index contributed by atoms with van der Waals surface area (Å²) in [4.78, 5) is 20.9. The van der Waals surface area contributed by atoms with E-state index in [0.29, 0.717) is 28.1 Å². The van der Waals surface area contributed by atoms with Gasteiger partial charge in [-0.25, -0.2) is 4.98 Å². The summed E-state index contributed by atoms with van der Waals surface area (Å²) in [5.74, 6) is 1.10. The lowest BCUT2D eigenvalue weighted by molar-refractivity contribution is 0.122. The summed E-state index contributed by atoms with van der Waals surface area (Å²) in [7, 11) is 0. The lowest BCUT2D eigenvalue weighted by Crippen LogP contribution is -2.36. The predicted octanol–water partition coefficient (Wildman–Crippen LogP) is 2.13. The fraction of sp³-hybridized carbons (Fsp3) is 0.222. The average Bonchev–Trinajstić information content (AvgIpc) is 2.64. The predicted molar refractivity (Wildman–Crippen MR) is 96.3 cm³/mol. The maximum absolute atomic E-state index is 11.9. The maximum atomic E-state index is 11.9. The van der Waals surface area contributed by atoms with Crippen molar-refractivity contribution in [1.29, 1.82) is 0 Å². The summed E-state index contributed by atoms with van der Waals surface area (Å²) < 4.78 is 11.3. The van der Waals surface area contributed by atoms with Crippen LogP contribution in [0.1, 0.15) is 0 Å². The zero-order valence-corrected chi connectivity index (χ0v) is 13.6. The van der Waals surface area contributed by atoms with Gasteiger partial charge in [-0.15, -0.1) is 0 Å². The second-order valence-electron chi connectivity index (χ2n) is 5.84. The van der Waals surface area contributed by atoms with Gasteiger partial charge in [0.1, 0.15) is 5.75 Å². The minimum Gasteiger partial charge on any atom is -0.455 e. The Morgan fingerprint density at radius 1 is 1.20 bits per heavy atom. The van der Waals surface area contributed by atoms with Gasteiger partial charge in [0.05, 0.1) is 36.1 Å². The van der Waals surface area contributed by atoms with Gasteiger partial charge in [0.2, 0.25) is 0 Å². The Morgan fingerprint density at radius 3 is 2.88 bits per heavy atom. The molecule has 7 nitrogen and oxygen atoms in total. The number of rotatable bonds is 3. The van der Waals surface area contributed by atoms with E-state index in [-0.39, 0.29) is 5.56 Å². The molecule has 0 saturated carbocycles. The van der Waals surface area contributed by atoms with Crippen molar-refractivity contribution in [3.05, 3.63) is 53.1 Å². The van der Waals surface area contributed by atoms with Gasteiger partial charge in [-0.3, -0.25) is 4.79 Å². The molecule has 0 spiro atoms. The molecule has 0 bridgehead atoms. The van der Waals surface area contributed by atoms with Crippen LogP contribution >= 0.6 is 0 Å². The van der Waals surface area contributed by atoms with E-state index < -0.39 is 0 Å². The summed E-state index contributed by atoms with van der Waals surface area (Å²) >= 11 is 0. The standard InChI is InChI=1S/C18H18N4O3/c19-15-10-16-14(18(23)21-11-20-16)9-17(15)25-13-3-1-2-12(8-13)22-4-6-24-7-5-22/h1-3,8-11H,4-7,19H2,(H,20,21,23). The number of aromatic nitrogens is 2. The number of H-pyrrole nitrogens is 1. The number of benzene rings is 2. The van der Waals surface area contributed by atoms with Crippen molar-refractivity contribution in [2.45, 2.75) is 0 Å². The van der Waals surface area contributed by atoms with E-state index in [2.05, 4.69) is 14.9 Å². The first-order valence-corrected chi connectivity index (χ1v) is 8.08. The molecule has 2 heterocycles. The smallest absolute Gasteiger partial charge is 0.258 e. The third kappa shape index (κ3) is 3.14. The fourth-order valence-electron chi connectivity index (χ4n) is 2.89. The minimum absolute atomic E-state index is 0.225. The van der Waals surface area contributed by atoms with Crippen molar-refractivity contribution < 1.29 is 9.47 Å². The van der Waals surface area contributed by atoms with E-state index in [1.807, 2.05) is 24.3 Å². The van der Waals surface area contributed by atoms with Gasteiger partial charge in [-0.05, 0) is 24.3 Å². The molecule has 3 aromatic rings. The molecule has 0 unspecified atom stereocenters. The highest BCUT2D eigenvalue weighted by atomic mass is 16.5. The molecule has 4 rings (SSSR count). The number of fused-ring (bicyclic) bond motifs is 1. The first kappa shape index (κ1) is 15.5. The van der Waals surface area contributed by atoms with Crippen LogP contribution in [0.25, 0.3) is 10.9 Å². The molecule has 1 saturated heterocycles. The van der Waals surface area contributed by atoms with E-state index in [0.717, 1.165) is 32.0 Å². The molecule has 1 aromatic heterocycles. The highest BCUT2D eigenvalue weighted by molar-refractivity contribution is 5.84. The van der Waals surface area contributed by atoms with Crippen LogP contribution in [0.4, 0.5) is 11.4 Å². The fourth-order valence-corrected chi connectivity index (χ4v) is 2.89. The van der Waals surface area contributed by atoms with E-state index in [9.17, 15) is 4.79 Å². The second kappa shape index (κ2) is 6.45. The number of hydrogen-bond donors (Lipinski definition) is 2. The van der Waals surface area contributed by atoms with Crippen molar-refractivity contribution in [2.75, 3.05) is 36.9 Å². The molecule has 0 radical (unpaired) electrons. The maximum Gasteiger partial charge on any atom is 0.258 e. The minimum atomic E-state index is -0.225. The zero-order chi connectivity index (χ0) is 17.2. The Morgan fingerprint density at radius 2 is 2.04 bits per heavy atom. The number of ether oxygens (including phenoxy) is 2. The van der Waals surface area contributed by atoms with Crippen LogP contribution in [0.15, 0.2) is 47.5 Å². The Bertz CT molecular complexity index is 964. The monoisotopic (exact) mass is 338 g/mol. The summed E-state index contributed by atoms with van der Waals surface area (Å²) in [6, 6.07) is 11.1. The number of hydrogen-bond acceptors (Lipinski definition) is 6. The van der Waals surface area contributed by atoms with E-state index in [1.54, 1.807) is 12.1 Å². The first-order valence-electron chi connectivity index (χ1n) is 8.08. The summed E-state index contributed by atoms with van der Waals surface area (Å²) in [5, 5.41) is 0.441. The quantitative estimate of drug-likeness (QED) is 0.711. The van der Waals surface area contributed by atoms with Crippen LogP contribution < -0.4 is 20.9 Å². The van der Waals surface area contributed by atoms with Crippen LogP contribution in [0.3, 0.4) is 0 Å². The van der Waals surface area contributed by atoms with Gasteiger partial charge < -0.3 is 25.1 Å². The lowest BCUT2D eigenvalue weighted by atomic mass is 10.2. The molecular formula is C18H18N4O3. The SMILES string of the molecule is Nc1cc2nc[nH]c(=O)c2cc1Oc1cccc(N2CCOCC2)c1. The number of nitrogen functional groups attached to an aromatic ring is 1. The van der Waals surface area contributed by atoms with Crippen molar-refractivity contribution in [3.63, 3.8) is 0 Å². The van der Waals surface area contributed by atoms with Gasteiger partial charge >= 0.3 is 0 Å². The van der Waals surface area contributed by atoms with Gasteiger partial charge in [0, 0.05) is 24.8 Å². The molecule has 2 aromatic carbocycles. The van der Waals surface area contributed by atoms with Crippen molar-refractivity contribution in [2.24, 2.45) is 0 Å². The lowest BCUT2D eigenvalue weighted by Gasteiger charge is -2.29. The van der Waals surface area contributed by atoms with Crippen molar-refractivity contribution >= 4 is 22.3 Å². The molecule has 7 heteroatoms. The van der Waals surface area contributed by atoms with Gasteiger partial charge in [-0.1, -0.05) is 6.07 Å². The molecule has 3 N–H and O–H groups in total. The van der Waals surface area contributed by atoms with Crippen molar-refractivity contribution in [3.8, 4) is 11.5 Å². The van der Waals surface area contributed by atoms with Gasteiger partial charge in [0.15, 0.2) is 5.75 Å². The normalized spacial score (nSPS) is 14.6. The molecule has 0 amide bonds. The molecule has 1 aliphatic rings. The average molecular weight is 338 g/mol. The molecule has 128 valence electrons. The summed E-state index contributed by atoms with van der Waals surface area (Å²) in [5.41, 5.74) is 7.88. The van der Waals surface area contributed by atoms with E-state index >= 15 is 0 Å². The number of nitrogens with zero attached hydrogens (tertiary/aromatic N) is 2. The van der Waals surface area contributed by atoms with Crippen LogP contribution in [0.2, 0.25) is 0 Å². The number of nitrogens with two attached hydrogens (primary N) is 1. The number of nitrogens with one attached hydrogen (secondary N) is 1. The molecule has 0 aliphatic carbocycles. The molecule has 25 heavy (non-hydrogen) atoms. The molecular weight excluding hydrogens is 320 g/mol. The topological polar surface area (TPSA) is 93.5 Å². The molecule has 1 fully saturated rings. The molecule has 0 atom stereocenters. The third-order valence-corrected chi connectivity index (χ3v) is 4.19. The Kier molecular flexibility index (Phi) is 3.99. The highest BCUT2D eigenvalue weighted by Crippen LogP contribution is 2.32. The van der Waals surface area contributed by atoms with Gasteiger partial charge in [0.25, 0.3) is 5.56 Å². The number of morpholine rings is 1. The highest BCUT2D eigenvalue weighted by Gasteiger charge is 2.13. The van der Waals surface area contributed by atoms with Crippen molar-refractivity contribution in [1.82, 2.24) is 9.97 Å².